The van der Waals surface area contributed by atoms with Gasteiger partial charge in [-0.05, 0) is 61.7 Å². The number of halogens is 1. The van der Waals surface area contributed by atoms with Gasteiger partial charge in [-0.3, -0.25) is 4.98 Å². The van der Waals surface area contributed by atoms with Gasteiger partial charge in [0.05, 0.1) is 5.69 Å². The third kappa shape index (κ3) is 2.48. The van der Waals surface area contributed by atoms with Crippen molar-refractivity contribution in [3.05, 3.63) is 59.2 Å². The Hall–Kier alpha value is -1.96. The van der Waals surface area contributed by atoms with E-state index in [-0.39, 0.29) is 5.82 Å². The standard InChI is InChI=1S/C16H16FN/c1-4-5-16-12(3)9-14(10-18-16)13-6-7-15(17)11(2)8-13/h4-10H,1-3H3/b5-4-. The van der Waals surface area contributed by atoms with Crippen molar-refractivity contribution < 1.29 is 4.39 Å². The average molecular weight is 241 g/mol. The van der Waals surface area contributed by atoms with Crippen molar-refractivity contribution >= 4 is 6.08 Å². The van der Waals surface area contributed by atoms with Crippen molar-refractivity contribution in [2.75, 3.05) is 0 Å². The van der Waals surface area contributed by atoms with E-state index in [0.717, 1.165) is 22.4 Å². The number of aromatic nitrogens is 1. The molecule has 0 spiro atoms. The van der Waals surface area contributed by atoms with Crippen LogP contribution in [0.2, 0.25) is 0 Å². The van der Waals surface area contributed by atoms with E-state index in [4.69, 9.17) is 0 Å². The van der Waals surface area contributed by atoms with Gasteiger partial charge in [-0.1, -0.05) is 12.1 Å². The van der Waals surface area contributed by atoms with Crippen LogP contribution in [-0.2, 0) is 0 Å². The predicted molar refractivity (Wildman–Crippen MR) is 73.8 cm³/mol. The van der Waals surface area contributed by atoms with E-state index in [1.807, 2.05) is 38.3 Å². The van der Waals surface area contributed by atoms with Crippen molar-refractivity contribution in [1.29, 1.82) is 0 Å². The Kier molecular flexibility index (Phi) is 3.56. The summed E-state index contributed by atoms with van der Waals surface area (Å²) in [5.74, 6) is -0.172. The first kappa shape index (κ1) is 12.5. The molecule has 2 rings (SSSR count). The van der Waals surface area contributed by atoms with Crippen LogP contribution in [0.3, 0.4) is 0 Å². The summed E-state index contributed by atoms with van der Waals surface area (Å²) in [5, 5.41) is 0. The summed E-state index contributed by atoms with van der Waals surface area (Å²) in [6.07, 6.45) is 5.78. The molecule has 0 aliphatic heterocycles. The molecule has 0 aliphatic rings. The number of benzene rings is 1. The van der Waals surface area contributed by atoms with Crippen LogP contribution in [0.5, 0.6) is 0 Å². The molecule has 0 amide bonds. The van der Waals surface area contributed by atoms with Crippen molar-refractivity contribution in [2.24, 2.45) is 0 Å². The lowest BCUT2D eigenvalue weighted by molar-refractivity contribution is 0.619. The molecule has 1 nitrogen and oxygen atoms in total. The third-order valence-electron chi connectivity index (χ3n) is 2.93. The van der Waals surface area contributed by atoms with Gasteiger partial charge in [-0.2, -0.15) is 0 Å². The minimum atomic E-state index is -0.172. The lowest BCUT2D eigenvalue weighted by atomic mass is 10.0. The zero-order valence-corrected chi connectivity index (χ0v) is 10.9. The highest BCUT2D eigenvalue weighted by atomic mass is 19.1. The predicted octanol–water partition coefficient (Wildman–Crippen LogP) is 4.54. The van der Waals surface area contributed by atoms with Gasteiger partial charge < -0.3 is 0 Å². The summed E-state index contributed by atoms with van der Waals surface area (Å²) in [4.78, 5) is 4.42. The molecule has 2 aromatic rings. The number of allylic oxidation sites excluding steroid dienone is 1. The normalized spacial score (nSPS) is 11.1. The van der Waals surface area contributed by atoms with Crippen molar-refractivity contribution in [3.63, 3.8) is 0 Å². The Balaban J connectivity index is 2.45. The van der Waals surface area contributed by atoms with Gasteiger partial charge in [-0.25, -0.2) is 4.39 Å². The number of nitrogens with zero attached hydrogens (tertiary/aromatic N) is 1. The third-order valence-corrected chi connectivity index (χ3v) is 2.93. The number of rotatable bonds is 2. The summed E-state index contributed by atoms with van der Waals surface area (Å²) >= 11 is 0. The van der Waals surface area contributed by atoms with Crippen LogP contribution in [0, 0.1) is 19.7 Å². The molecule has 92 valence electrons. The highest BCUT2D eigenvalue weighted by molar-refractivity contribution is 5.66. The molecule has 2 heteroatoms. The fourth-order valence-electron chi connectivity index (χ4n) is 1.90. The molecule has 1 aromatic carbocycles. The monoisotopic (exact) mass is 241 g/mol. The Labute approximate surface area is 107 Å². The Bertz CT molecular complexity index is 600. The van der Waals surface area contributed by atoms with Gasteiger partial charge in [0.2, 0.25) is 0 Å². The minimum Gasteiger partial charge on any atom is -0.256 e. The fourth-order valence-corrected chi connectivity index (χ4v) is 1.90. The topological polar surface area (TPSA) is 12.9 Å². The van der Waals surface area contributed by atoms with E-state index in [1.165, 1.54) is 6.07 Å². The summed E-state index contributed by atoms with van der Waals surface area (Å²) in [6.45, 7) is 5.77. The first-order valence-corrected chi connectivity index (χ1v) is 5.97. The molecule has 0 fully saturated rings. The first-order chi connectivity index (χ1) is 8.61. The second-order valence-electron chi connectivity index (χ2n) is 4.39. The van der Waals surface area contributed by atoms with Crippen LogP contribution < -0.4 is 0 Å². The second kappa shape index (κ2) is 5.13. The number of pyridine rings is 1. The van der Waals surface area contributed by atoms with Crippen LogP contribution in [0.25, 0.3) is 17.2 Å². The maximum absolute atomic E-state index is 13.2. The minimum absolute atomic E-state index is 0.172. The molecule has 0 unspecified atom stereocenters. The molecule has 0 radical (unpaired) electrons. The smallest absolute Gasteiger partial charge is 0.126 e. The van der Waals surface area contributed by atoms with Gasteiger partial charge in [0.15, 0.2) is 0 Å². The first-order valence-electron chi connectivity index (χ1n) is 5.97. The van der Waals surface area contributed by atoms with Crippen LogP contribution in [0.4, 0.5) is 4.39 Å². The largest absolute Gasteiger partial charge is 0.256 e. The van der Waals surface area contributed by atoms with Gasteiger partial charge in [0, 0.05) is 11.8 Å². The van der Waals surface area contributed by atoms with Crippen LogP contribution >= 0.6 is 0 Å². The van der Waals surface area contributed by atoms with Gasteiger partial charge in [-0.15, -0.1) is 0 Å². The molecule has 0 atom stereocenters. The number of hydrogen-bond acceptors (Lipinski definition) is 1. The lowest BCUT2D eigenvalue weighted by Gasteiger charge is -2.06. The van der Waals surface area contributed by atoms with Crippen molar-refractivity contribution in [3.8, 4) is 11.1 Å². The molecule has 1 aromatic heterocycles. The molecule has 18 heavy (non-hydrogen) atoms. The zero-order chi connectivity index (χ0) is 13.1. The van der Waals surface area contributed by atoms with E-state index in [0.29, 0.717) is 5.56 Å². The van der Waals surface area contributed by atoms with Gasteiger partial charge >= 0.3 is 0 Å². The molecule has 1 heterocycles. The summed E-state index contributed by atoms with van der Waals surface area (Å²) in [5.41, 5.74) is 4.76. The van der Waals surface area contributed by atoms with Crippen LogP contribution in [-0.4, -0.2) is 4.98 Å². The Morgan fingerprint density at radius 3 is 2.39 bits per heavy atom. The van der Waals surface area contributed by atoms with Gasteiger partial charge in [0.1, 0.15) is 5.82 Å². The van der Waals surface area contributed by atoms with E-state index < -0.39 is 0 Å². The zero-order valence-electron chi connectivity index (χ0n) is 10.9. The summed E-state index contributed by atoms with van der Waals surface area (Å²) in [6, 6.07) is 7.21. The number of hydrogen-bond donors (Lipinski definition) is 0. The fraction of sp³-hybridized carbons (Fsp3) is 0.188. The highest BCUT2D eigenvalue weighted by Gasteiger charge is 2.04. The summed E-state index contributed by atoms with van der Waals surface area (Å²) < 4.78 is 13.2. The maximum Gasteiger partial charge on any atom is 0.126 e. The molecule has 0 N–H and O–H groups in total. The van der Waals surface area contributed by atoms with Crippen LogP contribution in [0.1, 0.15) is 23.7 Å². The van der Waals surface area contributed by atoms with E-state index in [9.17, 15) is 4.39 Å². The Morgan fingerprint density at radius 1 is 1.06 bits per heavy atom. The molecule has 0 saturated heterocycles. The van der Waals surface area contributed by atoms with E-state index in [1.54, 1.807) is 13.0 Å². The summed E-state index contributed by atoms with van der Waals surface area (Å²) in [7, 11) is 0. The van der Waals surface area contributed by atoms with Crippen molar-refractivity contribution in [2.45, 2.75) is 20.8 Å². The maximum atomic E-state index is 13.2. The average Bonchev–Trinajstić information content (AvgIpc) is 2.35. The molecule has 0 saturated carbocycles. The quantitative estimate of drug-likeness (QED) is 0.752. The lowest BCUT2D eigenvalue weighted by Crippen LogP contribution is -1.90. The molecular formula is C16H16FN. The second-order valence-corrected chi connectivity index (χ2v) is 4.39. The van der Waals surface area contributed by atoms with Gasteiger partial charge in [0.25, 0.3) is 0 Å². The molecule has 0 bridgehead atoms. The van der Waals surface area contributed by atoms with Crippen molar-refractivity contribution in [1.82, 2.24) is 4.98 Å². The Morgan fingerprint density at radius 2 is 1.78 bits per heavy atom. The SMILES string of the molecule is C/C=C\c1ncc(-c2ccc(F)c(C)c2)cc1C. The number of aryl methyl sites for hydroxylation is 2. The van der Waals surface area contributed by atoms with E-state index >= 15 is 0 Å². The van der Waals surface area contributed by atoms with E-state index in [2.05, 4.69) is 11.1 Å². The van der Waals surface area contributed by atoms with Crippen LogP contribution in [0.15, 0.2) is 36.5 Å². The highest BCUT2D eigenvalue weighted by Crippen LogP contribution is 2.23. The molecule has 0 aliphatic carbocycles. The molecular weight excluding hydrogens is 225 g/mol.